The van der Waals surface area contributed by atoms with Crippen molar-refractivity contribution >= 4 is 21.4 Å². The van der Waals surface area contributed by atoms with Crippen molar-refractivity contribution in [3.8, 4) is 0 Å². The van der Waals surface area contributed by atoms with E-state index in [1.807, 2.05) is 6.07 Å². The van der Waals surface area contributed by atoms with E-state index < -0.39 is 10.0 Å². The normalized spacial score (nSPS) is 23.3. The van der Waals surface area contributed by atoms with E-state index in [0.717, 1.165) is 23.6 Å². The Morgan fingerprint density at radius 1 is 1.29 bits per heavy atom. The summed E-state index contributed by atoms with van der Waals surface area (Å²) in [4.78, 5) is 1.03. The standard InChI is InChI=1S/C15H26N2O2S2/c1-12-2-4-13(5-3-12)9-11-17-21(18,19)15-7-6-14(20-15)8-10-16/h6-7,12-13,17H,2-5,8-11,16H2,1H3. The zero-order chi connectivity index (χ0) is 15.3. The van der Waals surface area contributed by atoms with E-state index in [4.69, 9.17) is 5.73 Å². The number of hydrogen-bond donors (Lipinski definition) is 2. The van der Waals surface area contributed by atoms with Crippen molar-refractivity contribution in [3.63, 3.8) is 0 Å². The molecule has 1 heterocycles. The van der Waals surface area contributed by atoms with Gasteiger partial charge in [-0.05, 0) is 43.4 Å². The van der Waals surface area contributed by atoms with Crippen LogP contribution in [0.15, 0.2) is 16.3 Å². The summed E-state index contributed by atoms with van der Waals surface area (Å²) in [6.07, 6.45) is 6.73. The highest BCUT2D eigenvalue weighted by atomic mass is 32.2. The smallest absolute Gasteiger partial charge is 0.250 e. The van der Waals surface area contributed by atoms with Crippen molar-refractivity contribution in [1.82, 2.24) is 4.72 Å². The van der Waals surface area contributed by atoms with Gasteiger partial charge in [0.25, 0.3) is 0 Å². The van der Waals surface area contributed by atoms with E-state index in [0.29, 0.717) is 23.2 Å². The minimum Gasteiger partial charge on any atom is -0.330 e. The van der Waals surface area contributed by atoms with Gasteiger partial charge in [-0.25, -0.2) is 13.1 Å². The minimum atomic E-state index is -3.34. The maximum absolute atomic E-state index is 12.2. The molecule has 0 atom stereocenters. The Balaban J connectivity index is 1.80. The second-order valence-corrected chi connectivity index (χ2v) is 9.23. The molecule has 1 aliphatic carbocycles. The van der Waals surface area contributed by atoms with Crippen LogP contribution in [0.2, 0.25) is 0 Å². The van der Waals surface area contributed by atoms with Gasteiger partial charge in [-0.15, -0.1) is 11.3 Å². The Bertz CT molecular complexity index is 532. The molecule has 4 nitrogen and oxygen atoms in total. The lowest BCUT2D eigenvalue weighted by atomic mass is 9.81. The highest BCUT2D eigenvalue weighted by Crippen LogP contribution is 2.30. The fraction of sp³-hybridized carbons (Fsp3) is 0.733. The van der Waals surface area contributed by atoms with Crippen LogP contribution in [-0.2, 0) is 16.4 Å². The van der Waals surface area contributed by atoms with Crippen LogP contribution in [0.4, 0.5) is 0 Å². The summed E-state index contributed by atoms with van der Waals surface area (Å²) >= 11 is 1.32. The number of sulfonamides is 1. The first-order chi connectivity index (χ1) is 10.0. The molecule has 0 unspecified atom stereocenters. The number of rotatable bonds is 7. The molecule has 0 spiro atoms. The van der Waals surface area contributed by atoms with Crippen LogP contribution in [0.3, 0.4) is 0 Å². The van der Waals surface area contributed by atoms with Crippen molar-refractivity contribution < 1.29 is 8.42 Å². The average Bonchev–Trinajstić information content (AvgIpc) is 2.91. The molecule has 21 heavy (non-hydrogen) atoms. The lowest BCUT2D eigenvalue weighted by Crippen LogP contribution is -2.26. The Kier molecular flexibility index (Phi) is 6.22. The molecule has 0 radical (unpaired) electrons. The molecule has 0 amide bonds. The third-order valence-electron chi connectivity index (χ3n) is 4.27. The molecule has 1 aliphatic rings. The van der Waals surface area contributed by atoms with Crippen molar-refractivity contribution in [3.05, 3.63) is 17.0 Å². The Morgan fingerprint density at radius 3 is 2.67 bits per heavy atom. The lowest BCUT2D eigenvalue weighted by Gasteiger charge is -2.25. The molecule has 1 saturated carbocycles. The summed E-state index contributed by atoms with van der Waals surface area (Å²) in [7, 11) is -3.34. The maximum atomic E-state index is 12.2. The molecule has 1 aromatic rings. The molecular formula is C15H26N2O2S2. The fourth-order valence-electron chi connectivity index (χ4n) is 2.87. The summed E-state index contributed by atoms with van der Waals surface area (Å²) in [6, 6.07) is 3.54. The predicted octanol–water partition coefficient (Wildman–Crippen LogP) is 2.74. The molecule has 0 saturated heterocycles. The Hall–Kier alpha value is -0.430. The van der Waals surface area contributed by atoms with Crippen LogP contribution in [0.1, 0.15) is 43.9 Å². The van der Waals surface area contributed by atoms with Gasteiger partial charge in [0.15, 0.2) is 0 Å². The molecule has 120 valence electrons. The topological polar surface area (TPSA) is 72.2 Å². The molecule has 1 fully saturated rings. The number of nitrogens with two attached hydrogens (primary N) is 1. The number of hydrogen-bond acceptors (Lipinski definition) is 4. The predicted molar refractivity (Wildman–Crippen MR) is 88.0 cm³/mol. The van der Waals surface area contributed by atoms with Crippen LogP contribution >= 0.6 is 11.3 Å². The maximum Gasteiger partial charge on any atom is 0.250 e. The van der Waals surface area contributed by atoms with Crippen molar-refractivity contribution in [2.75, 3.05) is 13.1 Å². The number of thiophene rings is 1. The van der Waals surface area contributed by atoms with Crippen molar-refractivity contribution in [2.45, 2.75) is 49.7 Å². The highest BCUT2D eigenvalue weighted by molar-refractivity contribution is 7.91. The molecule has 0 aromatic carbocycles. The van der Waals surface area contributed by atoms with Gasteiger partial charge in [-0.1, -0.05) is 32.6 Å². The zero-order valence-electron chi connectivity index (χ0n) is 12.7. The van der Waals surface area contributed by atoms with Gasteiger partial charge in [0.05, 0.1) is 0 Å². The summed E-state index contributed by atoms with van der Waals surface area (Å²) < 4.78 is 27.6. The van der Waals surface area contributed by atoms with Crippen molar-refractivity contribution in [1.29, 1.82) is 0 Å². The van der Waals surface area contributed by atoms with Crippen LogP contribution in [0, 0.1) is 11.8 Å². The second kappa shape index (κ2) is 7.72. The van der Waals surface area contributed by atoms with Gasteiger partial charge in [0.2, 0.25) is 10.0 Å². The average molecular weight is 331 g/mol. The van der Waals surface area contributed by atoms with E-state index in [9.17, 15) is 8.42 Å². The monoisotopic (exact) mass is 330 g/mol. The van der Waals surface area contributed by atoms with Gasteiger partial charge in [-0.3, -0.25) is 0 Å². The van der Waals surface area contributed by atoms with E-state index in [1.54, 1.807) is 6.07 Å². The third kappa shape index (κ3) is 5.06. The van der Waals surface area contributed by atoms with Gasteiger partial charge in [0, 0.05) is 11.4 Å². The van der Waals surface area contributed by atoms with Gasteiger partial charge >= 0.3 is 0 Å². The van der Waals surface area contributed by atoms with Crippen LogP contribution in [-0.4, -0.2) is 21.5 Å². The quantitative estimate of drug-likeness (QED) is 0.807. The highest BCUT2D eigenvalue weighted by Gasteiger charge is 2.20. The van der Waals surface area contributed by atoms with Gasteiger partial charge in [-0.2, -0.15) is 0 Å². The first-order valence-corrected chi connectivity index (χ1v) is 10.1. The van der Waals surface area contributed by atoms with Crippen LogP contribution < -0.4 is 10.5 Å². The molecule has 1 aromatic heterocycles. The van der Waals surface area contributed by atoms with E-state index in [1.165, 1.54) is 37.0 Å². The first kappa shape index (κ1) is 16.9. The lowest BCUT2D eigenvalue weighted by molar-refractivity contribution is 0.278. The Labute approximate surface area is 132 Å². The molecule has 0 aliphatic heterocycles. The summed E-state index contributed by atoms with van der Waals surface area (Å²) in [5, 5.41) is 0. The summed E-state index contributed by atoms with van der Waals surface area (Å²) in [6.45, 7) is 3.40. The van der Waals surface area contributed by atoms with Crippen LogP contribution in [0.5, 0.6) is 0 Å². The minimum absolute atomic E-state index is 0.406. The molecule has 0 bridgehead atoms. The Morgan fingerprint density at radius 2 is 2.00 bits per heavy atom. The first-order valence-electron chi connectivity index (χ1n) is 7.79. The largest absolute Gasteiger partial charge is 0.330 e. The molecular weight excluding hydrogens is 304 g/mol. The van der Waals surface area contributed by atoms with E-state index in [2.05, 4.69) is 11.6 Å². The summed E-state index contributed by atoms with van der Waals surface area (Å²) in [5.74, 6) is 1.52. The van der Waals surface area contributed by atoms with Crippen molar-refractivity contribution in [2.24, 2.45) is 17.6 Å². The van der Waals surface area contributed by atoms with Gasteiger partial charge in [0.1, 0.15) is 4.21 Å². The van der Waals surface area contributed by atoms with Gasteiger partial charge < -0.3 is 5.73 Å². The van der Waals surface area contributed by atoms with E-state index in [-0.39, 0.29) is 0 Å². The zero-order valence-corrected chi connectivity index (χ0v) is 14.3. The summed E-state index contributed by atoms with van der Waals surface area (Å²) in [5.41, 5.74) is 5.49. The van der Waals surface area contributed by atoms with Crippen LogP contribution in [0.25, 0.3) is 0 Å². The molecule has 2 rings (SSSR count). The third-order valence-corrected chi connectivity index (χ3v) is 7.37. The fourth-order valence-corrected chi connectivity index (χ4v) is 5.33. The molecule has 6 heteroatoms. The number of nitrogens with one attached hydrogen (secondary N) is 1. The SMILES string of the molecule is CC1CCC(CCNS(=O)(=O)c2ccc(CCN)s2)CC1. The van der Waals surface area contributed by atoms with E-state index >= 15 is 0 Å². The second-order valence-electron chi connectivity index (χ2n) is 6.07. The molecule has 3 N–H and O–H groups in total.